The van der Waals surface area contributed by atoms with Gasteiger partial charge in [0.15, 0.2) is 0 Å². The van der Waals surface area contributed by atoms with Crippen molar-refractivity contribution < 1.29 is 26.4 Å². The number of halogens is 4. The van der Waals surface area contributed by atoms with Gasteiger partial charge in [0.1, 0.15) is 11.6 Å². The highest BCUT2D eigenvalue weighted by molar-refractivity contribution is 7.88. The third-order valence-electron chi connectivity index (χ3n) is 3.95. The molecule has 28 heavy (non-hydrogen) atoms. The second kappa shape index (κ2) is 8.38. The zero-order chi connectivity index (χ0) is 21.1. The molecule has 0 unspecified atom stereocenters. The average Bonchev–Trinajstić information content (AvgIpc) is 2.59. The van der Waals surface area contributed by atoms with Crippen LogP contribution in [0.5, 0.6) is 0 Å². The highest BCUT2D eigenvalue weighted by Crippen LogP contribution is 2.36. The maximum absolute atomic E-state index is 12.9. The number of sulfonamides is 1. The van der Waals surface area contributed by atoms with E-state index in [1.807, 2.05) is 0 Å². The van der Waals surface area contributed by atoms with Gasteiger partial charge in [-0.3, -0.25) is 4.79 Å². The molecule has 0 aromatic heterocycles. The summed E-state index contributed by atoms with van der Waals surface area (Å²) >= 11 is 5.53. The molecule has 1 fully saturated rings. The van der Waals surface area contributed by atoms with Crippen LogP contribution in [0.4, 0.5) is 18.9 Å². The maximum Gasteiger partial charge on any atom is 0.417 e. The SMILES string of the molecule is CS(=O)(=O)N1CCN(/C=C(/C#N)C(=O)Nc2ccc(Cl)c(C(F)(F)F)c2)CC1. The smallest absolute Gasteiger partial charge is 0.373 e. The molecule has 0 spiro atoms. The van der Waals surface area contributed by atoms with E-state index in [2.05, 4.69) is 5.32 Å². The Hall–Kier alpha value is -2.29. The normalized spacial score (nSPS) is 16.6. The minimum absolute atomic E-state index is 0.162. The van der Waals surface area contributed by atoms with E-state index in [0.717, 1.165) is 12.3 Å². The molecule has 1 heterocycles. The first-order chi connectivity index (χ1) is 12.9. The number of carbonyl (C=O) groups excluding carboxylic acids is 1. The molecule has 0 saturated carbocycles. The maximum atomic E-state index is 12.9. The van der Waals surface area contributed by atoms with Crippen LogP contribution in [0.1, 0.15) is 5.56 Å². The summed E-state index contributed by atoms with van der Waals surface area (Å²) in [5.41, 5.74) is -1.59. The molecule has 0 bridgehead atoms. The van der Waals surface area contributed by atoms with Crippen molar-refractivity contribution in [3.63, 3.8) is 0 Å². The summed E-state index contributed by atoms with van der Waals surface area (Å²) in [6.07, 6.45) is -2.34. The molecule has 12 heteroatoms. The second-order valence-electron chi connectivity index (χ2n) is 6.00. The lowest BCUT2D eigenvalue weighted by molar-refractivity contribution is -0.137. The fourth-order valence-corrected chi connectivity index (χ4v) is 3.56. The van der Waals surface area contributed by atoms with Crippen molar-refractivity contribution in [1.82, 2.24) is 9.21 Å². The van der Waals surface area contributed by atoms with Crippen LogP contribution < -0.4 is 5.32 Å². The Balaban J connectivity index is 2.11. The van der Waals surface area contributed by atoms with Crippen LogP contribution in [0.25, 0.3) is 0 Å². The Morgan fingerprint density at radius 3 is 2.39 bits per heavy atom. The van der Waals surface area contributed by atoms with Crippen molar-refractivity contribution in [2.75, 3.05) is 37.8 Å². The Morgan fingerprint density at radius 1 is 1.29 bits per heavy atom. The van der Waals surface area contributed by atoms with Crippen molar-refractivity contribution >= 4 is 33.2 Å². The van der Waals surface area contributed by atoms with Gasteiger partial charge in [-0.2, -0.15) is 22.7 Å². The number of nitrogens with one attached hydrogen (secondary N) is 1. The molecule has 1 saturated heterocycles. The number of hydrogen-bond acceptors (Lipinski definition) is 5. The van der Waals surface area contributed by atoms with E-state index in [9.17, 15) is 31.6 Å². The lowest BCUT2D eigenvalue weighted by atomic mass is 10.2. The third kappa shape index (κ3) is 5.60. The number of piperazine rings is 1. The standard InChI is InChI=1S/C16H16ClF3N4O3S/c1-28(26,27)24-6-4-23(5-7-24)10-11(9-21)15(25)22-12-2-3-14(17)13(8-12)16(18,19)20/h2-3,8,10H,4-7H2,1H3,(H,22,25)/b11-10-. The van der Waals surface area contributed by atoms with Gasteiger partial charge in [-0.05, 0) is 18.2 Å². The zero-order valence-electron chi connectivity index (χ0n) is 14.6. The molecule has 2 rings (SSSR count). The van der Waals surface area contributed by atoms with E-state index in [-0.39, 0.29) is 37.4 Å². The van der Waals surface area contributed by atoms with Gasteiger partial charge in [0, 0.05) is 38.1 Å². The summed E-state index contributed by atoms with van der Waals surface area (Å²) in [5.74, 6) is -0.886. The van der Waals surface area contributed by atoms with Gasteiger partial charge in [0.05, 0.1) is 16.8 Å². The zero-order valence-corrected chi connectivity index (χ0v) is 16.2. The van der Waals surface area contributed by atoms with Crippen LogP contribution in [0.2, 0.25) is 5.02 Å². The number of hydrogen-bond donors (Lipinski definition) is 1. The first kappa shape index (κ1) is 22.0. The van der Waals surface area contributed by atoms with Gasteiger partial charge >= 0.3 is 6.18 Å². The fraction of sp³-hybridized carbons (Fsp3) is 0.375. The largest absolute Gasteiger partial charge is 0.417 e. The van der Waals surface area contributed by atoms with Crippen LogP contribution >= 0.6 is 11.6 Å². The van der Waals surface area contributed by atoms with Gasteiger partial charge < -0.3 is 10.2 Å². The number of rotatable bonds is 4. The lowest BCUT2D eigenvalue weighted by Crippen LogP contribution is -2.46. The Labute approximate surface area is 165 Å². The molecule has 0 atom stereocenters. The van der Waals surface area contributed by atoms with Crippen molar-refractivity contribution in [2.45, 2.75) is 6.18 Å². The molecular weight excluding hydrogens is 421 g/mol. The van der Waals surface area contributed by atoms with Crippen molar-refractivity contribution in [3.05, 3.63) is 40.6 Å². The molecule has 152 valence electrons. The Morgan fingerprint density at radius 2 is 1.89 bits per heavy atom. The number of nitrogens with zero attached hydrogens (tertiary/aromatic N) is 3. The monoisotopic (exact) mass is 436 g/mol. The minimum Gasteiger partial charge on any atom is -0.373 e. The van der Waals surface area contributed by atoms with E-state index < -0.39 is 32.7 Å². The summed E-state index contributed by atoms with van der Waals surface area (Å²) in [4.78, 5) is 13.8. The Kier molecular flexibility index (Phi) is 6.59. The molecular formula is C16H16ClF3N4O3S. The van der Waals surface area contributed by atoms with Crippen molar-refractivity contribution in [1.29, 1.82) is 5.26 Å². The topological polar surface area (TPSA) is 93.5 Å². The van der Waals surface area contributed by atoms with Gasteiger partial charge in [-0.15, -0.1) is 0 Å². The van der Waals surface area contributed by atoms with Crippen LogP contribution in [0.15, 0.2) is 30.0 Å². The molecule has 7 nitrogen and oxygen atoms in total. The minimum atomic E-state index is -4.69. The van der Waals surface area contributed by atoms with Gasteiger partial charge in [-0.25, -0.2) is 8.42 Å². The quantitative estimate of drug-likeness (QED) is 0.577. The highest BCUT2D eigenvalue weighted by Gasteiger charge is 2.33. The fourth-order valence-electron chi connectivity index (χ4n) is 2.50. The first-order valence-corrected chi connectivity index (χ1v) is 10.1. The van der Waals surface area contributed by atoms with Gasteiger partial charge in [0.25, 0.3) is 5.91 Å². The van der Waals surface area contributed by atoms with Crippen LogP contribution in [0, 0.1) is 11.3 Å². The summed E-state index contributed by atoms with van der Waals surface area (Å²) in [6.45, 7) is 0.930. The molecule has 0 aliphatic carbocycles. The van der Waals surface area contributed by atoms with E-state index in [1.54, 1.807) is 11.0 Å². The highest BCUT2D eigenvalue weighted by atomic mass is 35.5. The van der Waals surface area contributed by atoms with Crippen molar-refractivity contribution in [2.24, 2.45) is 0 Å². The summed E-state index contributed by atoms with van der Waals surface area (Å²) in [7, 11) is -3.32. The van der Waals surface area contributed by atoms with E-state index in [0.29, 0.717) is 6.07 Å². The third-order valence-corrected chi connectivity index (χ3v) is 5.58. The summed E-state index contributed by atoms with van der Waals surface area (Å²) < 4.78 is 63.0. The van der Waals surface area contributed by atoms with Crippen LogP contribution in [-0.4, -0.2) is 56.0 Å². The van der Waals surface area contributed by atoms with Crippen LogP contribution in [0.3, 0.4) is 0 Å². The second-order valence-corrected chi connectivity index (χ2v) is 8.39. The Bertz CT molecular complexity index is 933. The van der Waals surface area contributed by atoms with E-state index in [1.165, 1.54) is 16.6 Å². The molecule has 1 N–H and O–H groups in total. The number of carbonyl (C=O) groups is 1. The van der Waals surface area contributed by atoms with E-state index in [4.69, 9.17) is 11.6 Å². The van der Waals surface area contributed by atoms with Gasteiger partial charge in [-0.1, -0.05) is 11.6 Å². The number of benzene rings is 1. The molecule has 1 aromatic rings. The number of anilines is 1. The molecule has 0 radical (unpaired) electrons. The molecule has 1 aliphatic heterocycles. The van der Waals surface area contributed by atoms with Crippen molar-refractivity contribution in [3.8, 4) is 6.07 Å². The number of amides is 1. The molecule has 1 amide bonds. The molecule has 1 aromatic carbocycles. The predicted molar refractivity (Wildman–Crippen MR) is 96.8 cm³/mol. The number of nitriles is 1. The molecule has 1 aliphatic rings. The predicted octanol–water partition coefficient (Wildman–Crippen LogP) is 2.28. The average molecular weight is 437 g/mol. The van der Waals surface area contributed by atoms with Gasteiger partial charge in [0.2, 0.25) is 10.0 Å². The van der Waals surface area contributed by atoms with E-state index >= 15 is 0 Å². The first-order valence-electron chi connectivity index (χ1n) is 7.91. The van der Waals surface area contributed by atoms with Crippen LogP contribution in [-0.2, 0) is 21.0 Å². The summed E-state index contributed by atoms with van der Waals surface area (Å²) in [6, 6.07) is 4.56. The number of alkyl halides is 3. The summed E-state index contributed by atoms with van der Waals surface area (Å²) in [5, 5.41) is 10.9. The lowest BCUT2D eigenvalue weighted by Gasteiger charge is -2.32.